The number of hydrogen-bond acceptors (Lipinski definition) is 3. The van der Waals surface area contributed by atoms with Gasteiger partial charge in [-0.3, -0.25) is 4.79 Å². The highest BCUT2D eigenvalue weighted by Gasteiger charge is 2.28. The zero-order chi connectivity index (χ0) is 14.5. The highest BCUT2D eigenvalue weighted by atomic mass is 16.5. The Morgan fingerprint density at radius 2 is 1.84 bits per heavy atom. The Morgan fingerprint density at radius 1 is 1.26 bits per heavy atom. The highest BCUT2D eigenvalue weighted by molar-refractivity contribution is 6.02. The molecule has 3 N–H and O–H groups in total. The average molecular weight is 264 g/mol. The molecule has 0 radical (unpaired) electrons. The molecule has 0 aliphatic carbocycles. The van der Waals surface area contributed by atoms with Crippen molar-refractivity contribution in [1.29, 1.82) is 0 Å². The van der Waals surface area contributed by atoms with Crippen LogP contribution >= 0.6 is 0 Å². The van der Waals surface area contributed by atoms with Crippen LogP contribution in [0.15, 0.2) is 18.2 Å². The first-order valence-electron chi connectivity index (χ1n) is 6.78. The van der Waals surface area contributed by atoms with E-state index in [2.05, 4.69) is 26.1 Å². The van der Waals surface area contributed by atoms with E-state index in [9.17, 15) is 4.79 Å². The molecule has 4 heteroatoms. The SMILES string of the molecule is CCC(CC)(CC)NC(=O)c1c(N)cccc1OC. The van der Waals surface area contributed by atoms with Gasteiger partial charge in [-0.25, -0.2) is 0 Å². The summed E-state index contributed by atoms with van der Waals surface area (Å²) in [5.41, 5.74) is 6.58. The van der Waals surface area contributed by atoms with Crippen LogP contribution in [0.3, 0.4) is 0 Å². The molecule has 19 heavy (non-hydrogen) atoms. The van der Waals surface area contributed by atoms with E-state index in [-0.39, 0.29) is 11.4 Å². The summed E-state index contributed by atoms with van der Waals surface area (Å²) in [5.74, 6) is 0.343. The maximum Gasteiger partial charge on any atom is 0.257 e. The van der Waals surface area contributed by atoms with Gasteiger partial charge >= 0.3 is 0 Å². The maximum absolute atomic E-state index is 12.5. The maximum atomic E-state index is 12.5. The van der Waals surface area contributed by atoms with E-state index in [1.165, 1.54) is 7.11 Å². The summed E-state index contributed by atoms with van der Waals surface area (Å²) in [6.45, 7) is 6.25. The number of carbonyl (C=O) groups is 1. The number of hydrogen-bond donors (Lipinski definition) is 2. The fourth-order valence-corrected chi connectivity index (χ4v) is 2.28. The van der Waals surface area contributed by atoms with E-state index in [1.54, 1.807) is 18.2 Å². The van der Waals surface area contributed by atoms with Crippen molar-refractivity contribution in [3.8, 4) is 5.75 Å². The zero-order valence-electron chi connectivity index (χ0n) is 12.2. The molecule has 0 saturated carbocycles. The van der Waals surface area contributed by atoms with E-state index >= 15 is 0 Å². The quantitative estimate of drug-likeness (QED) is 0.776. The number of rotatable bonds is 6. The van der Waals surface area contributed by atoms with Crippen molar-refractivity contribution < 1.29 is 9.53 Å². The summed E-state index contributed by atoms with van der Waals surface area (Å²) in [6, 6.07) is 5.23. The summed E-state index contributed by atoms with van der Waals surface area (Å²) in [5, 5.41) is 3.11. The van der Waals surface area contributed by atoms with Gasteiger partial charge in [0.25, 0.3) is 5.91 Å². The van der Waals surface area contributed by atoms with Crippen molar-refractivity contribution >= 4 is 11.6 Å². The normalized spacial score (nSPS) is 11.2. The number of methoxy groups -OCH3 is 1. The number of ether oxygens (including phenoxy) is 1. The second-order valence-corrected chi connectivity index (χ2v) is 4.72. The smallest absolute Gasteiger partial charge is 0.257 e. The number of nitrogens with two attached hydrogens (primary N) is 1. The van der Waals surface area contributed by atoms with Crippen molar-refractivity contribution in [2.45, 2.75) is 45.6 Å². The van der Waals surface area contributed by atoms with E-state index < -0.39 is 0 Å². The van der Waals surface area contributed by atoms with E-state index in [4.69, 9.17) is 10.5 Å². The minimum atomic E-state index is -0.176. The minimum Gasteiger partial charge on any atom is -0.496 e. The highest BCUT2D eigenvalue weighted by Crippen LogP contribution is 2.26. The van der Waals surface area contributed by atoms with Gasteiger partial charge in [-0.05, 0) is 31.4 Å². The third-order valence-electron chi connectivity index (χ3n) is 3.91. The summed E-state index contributed by atoms with van der Waals surface area (Å²) >= 11 is 0. The summed E-state index contributed by atoms with van der Waals surface area (Å²) in [6.07, 6.45) is 2.67. The number of anilines is 1. The van der Waals surface area contributed by atoms with Crippen molar-refractivity contribution in [3.05, 3.63) is 23.8 Å². The lowest BCUT2D eigenvalue weighted by Gasteiger charge is -2.32. The standard InChI is InChI=1S/C15H24N2O2/c1-5-15(6-2,7-3)17-14(18)13-11(16)9-8-10-12(13)19-4/h8-10H,5-7,16H2,1-4H3,(H,17,18). The van der Waals surface area contributed by atoms with Crippen molar-refractivity contribution in [3.63, 3.8) is 0 Å². The number of nitrogen functional groups attached to an aromatic ring is 1. The van der Waals surface area contributed by atoms with Crippen LogP contribution in [-0.2, 0) is 0 Å². The molecular weight excluding hydrogens is 240 g/mol. The van der Waals surface area contributed by atoms with Gasteiger partial charge in [0, 0.05) is 11.2 Å². The van der Waals surface area contributed by atoms with Crippen LogP contribution in [0.1, 0.15) is 50.4 Å². The molecule has 0 fully saturated rings. The molecule has 0 aliphatic rings. The molecule has 1 rings (SSSR count). The van der Waals surface area contributed by atoms with Crippen LogP contribution in [0.5, 0.6) is 5.75 Å². The molecular formula is C15H24N2O2. The molecule has 0 saturated heterocycles. The molecule has 106 valence electrons. The molecule has 4 nitrogen and oxygen atoms in total. The third kappa shape index (κ3) is 3.19. The summed E-state index contributed by atoms with van der Waals surface area (Å²) < 4.78 is 5.22. The predicted octanol–water partition coefficient (Wildman–Crippen LogP) is 2.98. The molecule has 0 aromatic heterocycles. The Labute approximate surface area is 115 Å². The monoisotopic (exact) mass is 264 g/mol. The molecule has 0 heterocycles. The lowest BCUT2D eigenvalue weighted by atomic mass is 9.89. The van der Waals surface area contributed by atoms with Crippen LogP contribution in [0.25, 0.3) is 0 Å². The molecule has 1 amide bonds. The fourth-order valence-electron chi connectivity index (χ4n) is 2.28. The van der Waals surface area contributed by atoms with Gasteiger partial charge in [-0.15, -0.1) is 0 Å². The molecule has 0 unspecified atom stereocenters. The zero-order valence-corrected chi connectivity index (χ0v) is 12.2. The largest absolute Gasteiger partial charge is 0.496 e. The van der Waals surface area contributed by atoms with Crippen molar-refractivity contribution in [2.75, 3.05) is 12.8 Å². The second kappa shape index (κ2) is 6.45. The van der Waals surface area contributed by atoms with E-state index in [0.29, 0.717) is 17.0 Å². The molecule has 0 aliphatic heterocycles. The first-order chi connectivity index (χ1) is 9.03. The van der Waals surface area contributed by atoms with Crippen LogP contribution in [0, 0.1) is 0 Å². The topological polar surface area (TPSA) is 64.4 Å². The Hall–Kier alpha value is -1.71. The van der Waals surface area contributed by atoms with Crippen molar-refractivity contribution in [2.24, 2.45) is 0 Å². The van der Waals surface area contributed by atoms with E-state index in [1.807, 2.05) is 0 Å². The molecule has 0 bridgehead atoms. The Kier molecular flexibility index (Phi) is 5.21. The lowest BCUT2D eigenvalue weighted by molar-refractivity contribution is 0.0886. The second-order valence-electron chi connectivity index (χ2n) is 4.72. The first kappa shape index (κ1) is 15.3. The average Bonchev–Trinajstić information content (AvgIpc) is 2.44. The summed E-state index contributed by atoms with van der Waals surface area (Å²) in [7, 11) is 1.54. The predicted molar refractivity (Wildman–Crippen MR) is 78.5 cm³/mol. The lowest BCUT2D eigenvalue weighted by Crippen LogP contribution is -2.47. The van der Waals surface area contributed by atoms with Gasteiger partial charge in [-0.2, -0.15) is 0 Å². The molecule has 0 spiro atoms. The Balaban J connectivity index is 3.07. The first-order valence-corrected chi connectivity index (χ1v) is 6.78. The fraction of sp³-hybridized carbons (Fsp3) is 0.533. The van der Waals surface area contributed by atoms with Crippen LogP contribution in [0.2, 0.25) is 0 Å². The summed E-state index contributed by atoms with van der Waals surface area (Å²) in [4.78, 5) is 12.5. The number of carbonyl (C=O) groups excluding carboxylic acids is 1. The minimum absolute atomic E-state index is 0.166. The van der Waals surface area contributed by atoms with Gasteiger partial charge in [-0.1, -0.05) is 26.8 Å². The van der Waals surface area contributed by atoms with Crippen LogP contribution < -0.4 is 15.8 Å². The molecule has 1 aromatic carbocycles. The molecule has 0 atom stereocenters. The Morgan fingerprint density at radius 3 is 2.32 bits per heavy atom. The van der Waals surface area contributed by atoms with E-state index in [0.717, 1.165) is 19.3 Å². The number of amides is 1. The number of benzene rings is 1. The van der Waals surface area contributed by atoms with Crippen LogP contribution in [0.4, 0.5) is 5.69 Å². The van der Waals surface area contributed by atoms with Gasteiger partial charge in [0.15, 0.2) is 0 Å². The van der Waals surface area contributed by atoms with Crippen molar-refractivity contribution in [1.82, 2.24) is 5.32 Å². The number of nitrogens with one attached hydrogen (secondary N) is 1. The van der Waals surface area contributed by atoms with Gasteiger partial charge in [0.2, 0.25) is 0 Å². The Bertz CT molecular complexity index is 432. The van der Waals surface area contributed by atoms with Gasteiger partial charge in [0.05, 0.1) is 7.11 Å². The van der Waals surface area contributed by atoms with Crippen LogP contribution in [-0.4, -0.2) is 18.6 Å². The van der Waals surface area contributed by atoms with Gasteiger partial charge < -0.3 is 15.8 Å². The third-order valence-corrected chi connectivity index (χ3v) is 3.91. The molecule has 1 aromatic rings. The van der Waals surface area contributed by atoms with Gasteiger partial charge in [0.1, 0.15) is 11.3 Å².